The zero-order valence-corrected chi connectivity index (χ0v) is 27.3. The van der Waals surface area contributed by atoms with E-state index in [1.54, 1.807) is 24.3 Å². The van der Waals surface area contributed by atoms with Gasteiger partial charge in [-0.1, -0.05) is 93.1 Å². The number of aromatic nitrogens is 2. The summed E-state index contributed by atoms with van der Waals surface area (Å²) in [6.45, 7) is 5.62. The van der Waals surface area contributed by atoms with E-state index >= 15 is 0 Å². The highest BCUT2D eigenvalue weighted by atomic mass is 19.1. The molecule has 4 nitrogen and oxygen atoms in total. The second kappa shape index (κ2) is 17.1. The number of pyridine rings is 2. The number of halogens is 4. The maximum atomic E-state index is 13.8. The van der Waals surface area contributed by atoms with E-state index in [0.717, 1.165) is 71.8 Å². The van der Waals surface area contributed by atoms with Crippen molar-refractivity contribution in [3.8, 4) is 56.0 Å². The molecule has 0 unspecified atom stereocenters. The van der Waals surface area contributed by atoms with Gasteiger partial charge < -0.3 is 9.47 Å². The quantitative estimate of drug-likeness (QED) is 0.0785. The summed E-state index contributed by atoms with van der Waals surface area (Å²) < 4.78 is 64.5. The fourth-order valence-electron chi connectivity index (χ4n) is 4.98. The molecule has 49 heavy (non-hydrogen) atoms. The van der Waals surface area contributed by atoms with Gasteiger partial charge in [0.2, 0.25) is 23.8 Å². The van der Waals surface area contributed by atoms with Crippen molar-refractivity contribution in [1.82, 2.24) is 9.97 Å². The fraction of sp³-hybridized carbons (Fsp3) is 0.171. The predicted molar refractivity (Wildman–Crippen MR) is 186 cm³/mol. The highest BCUT2D eigenvalue weighted by molar-refractivity contribution is 5.71. The molecule has 250 valence electrons. The molecule has 0 saturated carbocycles. The molecule has 6 aromatic rings. The molecular formula is C41H36F4N2O2. The van der Waals surface area contributed by atoms with Crippen LogP contribution >= 0.6 is 0 Å². The first-order valence-electron chi connectivity index (χ1n) is 16.2. The van der Waals surface area contributed by atoms with Gasteiger partial charge in [-0.25, -0.2) is 0 Å². The number of unbranched alkanes of at least 4 members (excludes halogenated alkanes) is 1. The summed E-state index contributed by atoms with van der Waals surface area (Å²) in [7, 11) is 0. The van der Waals surface area contributed by atoms with Gasteiger partial charge in [-0.15, -0.1) is 0 Å². The van der Waals surface area contributed by atoms with Gasteiger partial charge in [0.05, 0.1) is 13.2 Å². The molecule has 0 radical (unpaired) electrons. The van der Waals surface area contributed by atoms with E-state index in [2.05, 4.69) is 23.8 Å². The highest BCUT2D eigenvalue weighted by Crippen LogP contribution is 2.29. The van der Waals surface area contributed by atoms with Crippen molar-refractivity contribution in [2.45, 2.75) is 33.1 Å². The summed E-state index contributed by atoms with van der Waals surface area (Å²) in [5.74, 6) is -1.55. The van der Waals surface area contributed by atoms with Crippen molar-refractivity contribution in [2.75, 3.05) is 13.2 Å². The van der Waals surface area contributed by atoms with Crippen LogP contribution in [0.15, 0.2) is 121 Å². The molecule has 0 saturated heterocycles. The Morgan fingerprint density at radius 2 is 0.755 bits per heavy atom. The number of hydrogen-bond acceptors (Lipinski definition) is 4. The molecule has 0 aliphatic carbocycles. The number of hydrogen-bond donors (Lipinski definition) is 0. The van der Waals surface area contributed by atoms with Crippen molar-refractivity contribution in [2.24, 2.45) is 0 Å². The largest absolute Gasteiger partial charge is 0.494 e. The van der Waals surface area contributed by atoms with Crippen LogP contribution < -0.4 is 9.47 Å². The van der Waals surface area contributed by atoms with Gasteiger partial charge in [0.15, 0.2) is 0 Å². The molecule has 8 heteroatoms. The molecule has 6 rings (SSSR count). The predicted octanol–water partition coefficient (Wildman–Crippen LogP) is 11.4. The molecule has 0 aliphatic heterocycles. The maximum Gasteiger partial charge on any atom is 0.223 e. The molecular weight excluding hydrogens is 628 g/mol. The molecule has 0 fully saturated rings. The van der Waals surface area contributed by atoms with Crippen LogP contribution in [0.25, 0.3) is 44.5 Å². The highest BCUT2D eigenvalue weighted by Gasteiger charge is 2.10. The summed E-state index contributed by atoms with van der Waals surface area (Å²) in [5, 5.41) is 0. The van der Waals surface area contributed by atoms with Gasteiger partial charge in [-0.05, 0) is 94.8 Å². The first-order valence-corrected chi connectivity index (χ1v) is 16.2. The Labute approximate surface area is 284 Å². The van der Waals surface area contributed by atoms with Crippen molar-refractivity contribution < 1.29 is 27.0 Å². The van der Waals surface area contributed by atoms with Gasteiger partial charge >= 0.3 is 0 Å². The van der Waals surface area contributed by atoms with E-state index in [1.807, 2.05) is 72.8 Å². The molecule has 0 atom stereocenters. The van der Waals surface area contributed by atoms with Crippen molar-refractivity contribution in [3.05, 3.63) is 145 Å². The third kappa shape index (κ3) is 9.54. The van der Waals surface area contributed by atoms with Crippen LogP contribution in [0.2, 0.25) is 0 Å². The van der Waals surface area contributed by atoms with Crippen LogP contribution in [-0.2, 0) is 0 Å². The zero-order chi connectivity index (χ0) is 34.6. The molecule has 4 aromatic carbocycles. The third-order valence-corrected chi connectivity index (χ3v) is 7.64. The lowest BCUT2D eigenvalue weighted by Gasteiger charge is -2.08. The minimum Gasteiger partial charge on any atom is -0.494 e. The van der Waals surface area contributed by atoms with E-state index in [0.29, 0.717) is 17.7 Å². The van der Waals surface area contributed by atoms with E-state index in [1.165, 1.54) is 12.1 Å². The lowest BCUT2D eigenvalue weighted by molar-refractivity contribution is 0.309. The topological polar surface area (TPSA) is 44.2 Å². The van der Waals surface area contributed by atoms with Crippen LogP contribution in [0.5, 0.6) is 11.5 Å². The van der Waals surface area contributed by atoms with Crippen LogP contribution in [0.4, 0.5) is 17.6 Å². The Bertz CT molecular complexity index is 1930. The summed E-state index contributed by atoms with van der Waals surface area (Å²) in [6.07, 6.45) is 3.12. The monoisotopic (exact) mass is 664 g/mol. The molecule has 2 aromatic heterocycles. The van der Waals surface area contributed by atoms with Gasteiger partial charge in [0, 0.05) is 11.1 Å². The Kier molecular flexibility index (Phi) is 12.1. The Balaban J connectivity index is 0.000000191. The minimum absolute atomic E-state index is 0.284. The summed E-state index contributed by atoms with van der Waals surface area (Å²) in [5.41, 5.74) is 6.00. The van der Waals surface area contributed by atoms with Gasteiger partial charge in [-0.3, -0.25) is 0 Å². The first kappa shape index (κ1) is 34.8. The molecule has 0 spiro atoms. The van der Waals surface area contributed by atoms with Crippen LogP contribution in [0.3, 0.4) is 0 Å². The van der Waals surface area contributed by atoms with E-state index in [9.17, 15) is 17.6 Å². The van der Waals surface area contributed by atoms with Crippen molar-refractivity contribution in [3.63, 3.8) is 0 Å². The zero-order valence-electron chi connectivity index (χ0n) is 27.3. The third-order valence-electron chi connectivity index (χ3n) is 7.64. The average molecular weight is 665 g/mol. The van der Waals surface area contributed by atoms with E-state index < -0.39 is 23.8 Å². The number of nitrogens with zero attached hydrogens (tertiary/aromatic N) is 2. The summed E-state index contributed by atoms with van der Waals surface area (Å²) in [6, 6.07) is 35.7. The van der Waals surface area contributed by atoms with Crippen LogP contribution in [-0.4, -0.2) is 23.2 Å². The lowest BCUT2D eigenvalue weighted by atomic mass is 10.0. The molecule has 0 amide bonds. The molecule has 0 aliphatic rings. The Hall–Kier alpha value is -5.50. The summed E-state index contributed by atoms with van der Waals surface area (Å²) >= 11 is 0. The fourth-order valence-corrected chi connectivity index (χ4v) is 4.98. The number of rotatable bonds is 11. The summed E-state index contributed by atoms with van der Waals surface area (Å²) in [4.78, 5) is 6.44. The van der Waals surface area contributed by atoms with Crippen molar-refractivity contribution in [1.29, 1.82) is 0 Å². The average Bonchev–Trinajstić information content (AvgIpc) is 3.12. The normalized spacial score (nSPS) is 10.7. The smallest absolute Gasteiger partial charge is 0.223 e. The Morgan fingerprint density at radius 3 is 1.10 bits per heavy atom. The van der Waals surface area contributed by atoms with Gasteiger partial charge in [0.25, 0.3) is 0 Å². The second-order valence-electron chi connectivity index (χ2n) is 11.2. The first-order chi connectivity index (χ1) is 23.8. The molecule has 0 bridgehead atoms. The Morgan fingerprint density at radius 1 is 0.408 bits per heavy atom. The van der Waals surface area contributed by atoms with E-state index in [4.69, 9.17) is 9.47 Å². The van der Waals surface area contributed by atoms with Gasteiger partial charge in [0.1, 0.15) is 11.5 Å². The van der Waals surface area contributed by atoms with Crippen LogP contribution in [0, 0.1) is 23.8 Å². The van der Waals surface area contributed by atoms with E-state index in [-0.39, 0.29) is 11.1 Å². The number of benzene rings is 4. The maximum absolute atomic E-state index is 13.8. The standard InChI is InChI=1S/C21H19F2NO.C20H17F2NO/c1-2-3-14-25-18-10-8-16(9-11-18)15-4-6-17(7-5-15)19-12-13-20(22)24-21(19)23;1-2-13-24-17-9-7-15(8-10-17)14-3-5-16(6-4-14)18-11-12-19(21)23-20(18)22/h4-13H,2-3,14H2,1H3;3-12H,2,13H2,1H3. The van der Waals surface area contributed by atoms with Crippen molar-refractivity contribution >= 4 is 0 Å². The second-order valence-corrected chi connectivity index (χ2v) is 11.2. The SMILES string of the molecule is CCCCOc1ccc(-c2ccc(-c3ccc(F)nc3F)cc2)cc1.CCCOc1ccc(-c2ccc(-c3ccc(F)nc3F)cc2)cc1. The number of ether oxygens (including phenoxy) is 2. The van der Waals surface area contributed by atoms with Gasteiger partial charge in [-0.2, -0.15) is 27.5 Å². The lowest BCUT2D eigenvalue weighted by Crippen LogP contribution is -1.95. The van der Waals surface area contributed by atoms with Crippen LogP contribution in [0.1, 0.15) is 33.1 Å². The minimum atomic E-state index is -0.821. The molecule has 0 N–H and O–H groups in total. The molecule has 2 heterocycles.